The lowest BCUT2D eigenvalue weighted by Gasteiger charge is -2.10. The maximum Gasteiger partial charge on any atom is 0.120 e. The van der Waals surface area contributed by atoms with E-state index >= 15 is 0 Å². The summed E-state index contributed by atoms with van der Waals surface area (Å²) in [6.07, 6.45) is 1.94. The number of carbonyl (C=O) groups excluding carboxylic acids is 1. The molecule has 0 aromatic heterocycles. The molecule has 0 spiro atoms. The van der Waals surface area contributed by atoms with Crippen molar-refractivity contribution in [2.24, 2.45) is 5.73 Å². The number of benzene rings is 1. The van der Waals surface area contributed by atoms with Crippen LogP contribution in [-0.4, -0.2) is 6.29 Å². The quantitative estimate of drug-likeness (QED) is 0.811. The molecule has 1 rings (SSSR count). The van der Waals surface area contributed by atoms with E-state index in [4.69, 9.17) is 28.9 Å². The van der Waals surface area contributed by atoms with Crippen LogP contribution in [0.2, 0.25) is 10.0 Å². The van der Waals surface area contributed by atoms with Crippen molar-refractivity contribution in [2.75, 3.05) is 0 Å². The molecule has 14 heavy (non-hydrogen) atoms. The first-order valence-corrected chi connectivity index (χ1v) is 5.05. The molecule has 76 valence electrons. The normalized spacial score (nSPS) is 12.5. The Kier molecular flexibility index (Phi) is 4.39. The SMILES string of the molecule is NC(CCC=O)c1ccc(Cl)c(Cl)c1. The molecule has 4 heteroatoms. The molecule has 0 bridgehead atoms. The van der Waals surface area contributed by atoms with Crippen LogP contribution in [0.5, 0.6) is 0 Å². The average molecular weight is 232 g/mol. The molecular formula is C10H11Cl2NO. The fourth-order valence-corrected chi connectivity index (χ4v) is 1.46. The molecule has 0 amide bonds. The molecule has 2 nitrogen and oxygen atoms in total. The van der Waals surface area contributed by atoms with Gasteiger partial charge in [0.1, 0.15) is 6.29 Å². The van der Waals surface area contributed by atoms with Crippen molar-refractivity contribution in [3.8, 4) is 0 Å². The van der Waals surface area contributed by atoms with Crippen LogP contribution in [0.3, 0.4) is 0 Å². The van der Waals surface area contributed by atoms with Crippen LogP contribution in [0.1, 0.15) is 24.4 Å². The van der Waals surface area contributed by atoms with E-state index in [1.807, 2.05) is 6.07 Å². The lowest BCUT2D eigenvalue weighted by Crippen LogP contribution is -2.10. The maximum atomic E-state index is 10.2. The molecular weight excluding hydrogens is 221 g/mol. The second-order valence-electron chi connectivity index (χ2n) is 3.02. The van der Waals surface area contributed by atoms with Crippen LogP contribution in [0.25, 0.3) is 0 Å². The summed E-state index contributed by atoms with van der Waals surface area (Å²) in [7, 11) is 0. The molecule has 0 heterocycles. The Bertz CT molecular complexity index is 328. The van der Waals surface area contributed by atoms with Crippen LogP contribution in [-0.2, 0) is 4.79 Å². The van der Waals surface area contributed by atoms with Gasteiger partial charge in [-0.1, -0.05) is 29.3 Å². The van der Waals surface area contributed by atoms with Crippen LogP contribution in [0.15, 0.2) is 18.2 Å². The van der Waals surface area contributed by atoms with Crippen LogP contribution in [0, 0.1) is 0 Å². The Morgan fingerprint density at radius 2 is 2.07 bits per heavy atom. The van der Waals surface area contributed by atoms with E-state index in [1.165, 1.54) is 0 Å². The Balaban J connectivity index is 2.75. The van der Waals surface area contributed by atoms with Gasteiger partial charge in [0.15, 0.2) is 0 Å². The lowest BCUT2D eigenvalue weighted by molar-refractivity contribution is -0.108. The molecule has 0 saturated heterocycles. The summed E-state index contributed by atoms with van der Waals surface area (Å²) >= 11 is 11.6. The van der Waals surface area contributed by atoms with Crippen molar-refractivity contribution in [3.63, 3.8) is 0 Å². The first-order chi connectivity index (χ1) is 6.65. The minimum Gasteiger partial charge on any atom is -0.324 e. The van der Waals surface area contributed by atoms with E-state index in [1.54, 1.807) is 12.1 Å². The van der Waals surface area contributed by atoms with Crippen molar-refractivity contribution < 1.29 is 4.79 Å². The van der Waals surface area contributed by atoms with Gasteiger partial charge in [0, 0.05) is 12.5 Å². The molecule has 0 aliphatic heterocycles. The zero-order valence-corrected chi connectivity index (χ0v) is 9.05. The number of rotatable bonds is 4. The van der Waals surface area contributed by atoms with Gasteiger partial charge in [0.05, 0.1) is 10.0 Å². The lowest BCUT2D eigenvalue weighted by atomic mass is 10.0. The summed E-state index contributed by atoms with van der Waals surface area (Å²) in [6.45, 7) is 0. The Morgan fingerprint density at radius 3 is 2.64 bits per heavy atom. The van der Waals surface area contributed by atoms with Gasteiger partial charge in [0.2, 0.25) is 0 Å². The highest BCUT2D eigenvalue weighted by molar-refractivity contribution is 6.42. The number of carbonyl (C=O) groups is 1. The summed E-state index contributed by atoms with van der Waals surface area (Å²) < 4.78 is 0. The van der Waals surface area contributed by atoms with E-state index in [0.717, 1.165) is 11.8 Å². The number of halogens is 2. The molecule has 1 atom stereocenters. The third-order valence-corrected chi connectivity index (χ3v) is 2.71. The highest BCUT2D eigenvalue weighted by Gasteiger charge is 2.07. The number of hydrogen-bond acceptors (Lipinski definition) is 2. The van der Waals surface area contributed by atoms with Gasteiger partial charge >= 0.3 is 0 Å². The molecule has 1 unspecified atom stereocenters. The number of hydrogen-bond donors (Lipinski definition) is 1. The molecule has 0 saturated carbocycles. The number of aldehydes is 1. The number of nitrogens with two attached hydrogens (primary N) is 1. The van der Waals surface area contributed by atoms with Gasteiger partial charge in [0.25, 0.3) is 0 Å². The Hall–Kier alpha value is -0.570. The van der Waals surface area contributed by atoms with Crippen LogP contribution < -0.4 is 5.73 Å². The summed E-state index contributed by atoms with van der Waals surface area (Å²) in [5.74, 6) is 0. The predicted octanol–water partition coefficient (Wildman–Crippen LogP) is 2.97. The van der Waals surface area contributed by atoms with Crippen molar-refractivity contribution >= 4 is 29.5 Å². The highest BCUT2D eigenvalue weighted by atomic mass is 35.5. The standard InChI is InChI=1S/C10H11Cl2NO/c11-8-4-3-7(6-9(8)12)10(13)2-1-5-14/h3-6,10H,1-2,13H2. The molecule has 0 aliphatic rings. The Morgan fingerprint density at radius 1 is 1.36 bits per heavy atom. The van der Waals surface area contributed by atoms with E-state index in [-0.39, 0.29) is 6.04 Å². The van der Waals surface area contributed by atoms with E-state index < -0.39 is 0 Å². The third-order valence-electron chi connectivity index (χ3n) is 1.97. The topological polar surface area (TPSA) is 43.1 Å². The minimum atomic E-state index is -0.157. The highest BCUT2D eigenvalue weighted by Crippen LogP contribution is 2.26. The smallest absolute Gasteiger partial charge is 0.120 e. The maximum absolute atomic E-state index is 10.2. The molecule has 0 radical (unpaired) electrons. The second-order valence-corrected chi connectivity index (χ2v) is 3.84. The van der Waals surface area contributed by atoms with Gasteiger partial charge in [-0.2, -0.15) is 0 Å². The van der Waals surface area contributed by atoms with Crippen molar-refractivity contribution in [1.29, 1.82) is 0 Å². The summed E-state index contributed by atoms with van der Waals surface area (Å²) in [4.78, 5) is 10.2. The molecule has 2 N–H and O–H groups in total. The van der Waals surface area contributed by atoms with Gasteiger partial charge in [-0.05, 0) is 24.1 Å². The van der Waals surface area contributed by atoms with Gasteiger partial charge in [-0.15, -0.1) is 0 Å². The third kappa shape index (κ3) is 2.98. The monoisotopic (exact) mass is 231 g/mol. The van der Waals surface area contributed by atoms with Crippen LogP contribution in [0.4, 0.5) is 0 Å². The van der Waals surface area contributed by atoms with Gasteiger partial charge < -0.3 is 10.5 Å². The fraction of sp³-hybridized carbons (Fsp3) is 0.300. The minimum absolute atomic E-state index is 0.157. The molecule has 1 aromatic carbocycles. The van der Waals surface area contributed by atoms with Gasteiger partial charge in [-0.3, -0.25) is 0 Å². The molecule has 0 aliphatic carbocycles. The van der Waals surface area contributed by atoms with Crippen molar-refractivity contribution in [2.45, 2.75) is 18.9 Å². The van der Waals surface area contributed by atoms with Crippen molar-refractivity contribution in [3.05, 3.63) is 33.8 Å². The second kappa shape index (κ2) is 5.35. The van der Waals surface area contributed by atoms with Crippen molar-refractivity contribution in [1.82, 2.24) is 0 Å². The van der Waals surface area contributed by atoms with E-state index in [0.29, 0.717) is 22.9 Å². The largest absolute Gasteiger partial charge is 0.324 e. The first-order valence-electron chi connectivity index (χ1n) is 4.29. The van der Waals surface area contributed by atoms with Crippen LogP contribution >= 0.6 is 23.2 Å². The molecule has 1 aromatic rings. The fourth-order valence-electron chi connectivity index (χ4n) is 1.16. The summed E-state index contributed by atoms with van der Waals surface area (Å²) in [5.41, 5.74) is 6.74. The molecule has 0 fully saturated rings. The van der Waals surface area contributed by atoms with Gasteiger partial charge in [-0.25, -0.2) is 0 Å². The summed E-state index contributed by atoms with van der Waals surface area (Å²) in [6, 6.07) is 5.11. The predicted molar refractivity (Wildman–Crippen MR) is 58.7 cm³/mol. The van der Waals surface area contributed by atoms with E-state index in [9.17, 15) is 4.79 Å². The Labute approximate surface area is 93.0 Å². The zero-order chi connectivity index (χ0) is 10.6. The zero-order valence-electron chi connectivity index (χ0n) is 7.54. The van der Waals surface area contributed by atoms with E-state index in [2.05, 4.69) is 0 Å². The average Bonchev–Trinajstić information content (AvgIpc) is 2.18. The summed E-state index contributed by atoms with van der Waals surface area (Å²) in [5, 5.41) is 1.00. The first kappa shape index (κ1) is 11.5.